The molecule has 5 nitrogen and oxygen atoms in total. The minimum Gasteiger partial charge on any atom is -0.281 e. The Morgan fingerprint density at radius 2 is 1.40 bits per heavy atom. The van der Waals surface area contributed by atoms with Gasteiger partial charge in [-0.05, 0) is 29.8 Å². The van der Waals surface area contributed by atoms with Crippen molar-refractivity contribution in [2.45, 2.75) is 6.42 Å². The van der Waals surface area contributed by atoms with Crippen LogP contribution in [0.3, 0.4) is 0 Å². The molecule has 0 aromatic heterocycles. The zero-order valence-corrected chi connectivity index (χ0v) is 13.4. The number of para-hydroxylation sites is 2. The van der Waals surface area contributed by atoms with Gasteiger partial charge in [0.25, 0.3) is 5.69 Å². The highest BCUT2D eigenvalue weighted by atomic mass is 16.6. The van der Waals surface area contributed by atoms with Gasteiger partial charge in [0.05, 0.1) is 11.3 Å². The molecule has 0 saturated heterocycles. The monoisotopic (exact) mass is 332 g/mol. The average molecular weight is 332 g/mol. The molecule has 0 aliphatic carbocycles. The number of rotatable bonds is 5. The summed E-state index contributed by atoms with van der Waals surface area (Å²) in [6.45, 7) is 0. The van der Waals surface area contributed by atoms with Crippen LogP contribution in [0.15, 0.2) is 84.9 Å². The van der Waals surface area contributed by atoms with E-state index >= 15 is 0 Å². The average Bonchev–Trinajstić information content (AvgIpc) is 2.64. The van der Waals surface area contributed by atoms with Gasteiger partial charge in [-0.15, -0.1) is 0 Å². The summed E-state index contributed by atoms with van der Waals surface area (Å²) >= 11 is 0. The topological polar surface area (TPSA) is 63.4 Å². The number of nitro benzene ring substituents is 1. The molecular formula is C20H16N2O3. The Balaban J connectivity index is 1.93. The molecule has 0 atom stereocenters. The Labute approximate surface area is 145 Å². The molecule has 25 heavy (non-hydrogen) atoms. The fourth-order valence-electron chi connectivity index (χ4n) is 2.62. The number of nitrogens with zero attached hydrogens (tertiary/aromatic N) is 2. The van der Waals surface area contributed by atoms with Crippen molar-refractivity contribution in [3.05, 3.63) is 101 Å². The van der Waals surface area contributed by atoms with E-state index in [1.165, 1.54) is 12.1 Å². The van der Waals surface area contributed by atoms with Gasteiger partial charge in [-0.2, -0.15) is 0 Å². The first-order chi connectivity index (χ1) is 12.1. The molecule has 0 heterocycles. The summed E-state index contributed by atoms with van der Waals surface area (Å²) in [5.41, 5.74) is 2.10. The Hall–Kier alpha value is -3.47. The maximum atomic E-state index is 13.0. The third kappa shape index (κ3) is 3.90. The number of hydrogen-bond donors (Lipinski definition) is 0. The lowest BCUT2D eigenvalue weighted by molar-refractivity contribution is -0.384. The van der Waals surface area contributed by atoms with Crippen LogP contribution >= 0.6 is 0 Å². The molecule has 0 aliphatic heterocycles. The molecule has 0 bridgehead atoms. The molecule has 0 N–H and O–H groups in total. The van der Waals surface area contributed by atoms with Crippen molar-refractivity contribution in [1.82, 2.24) is 0 Å². The number of hydrogen-bond acceptors (Lipinski definition) is 3. The summed E-state index contributed by atoms with van der Waals surface area (Å²) in [6, 6.07) is 24.8. The van der Waals surface area contributed by atoms with E-state index in [2.05, 4.69) is 0 Å². The van der Waals surface area contributed by atoms with Crippen molar-refractivity contribution in [3.63, 3.8) is 0 Å². The van der Waals surface area contributed by atoms with Gasteiger partial charge in [0.1, 0.15) is 0 Å². The van der Waals surface area contributed by atoms with Crippen molar-refractivity contribution in [3.8, 4) is 0 Å². The van der Waals surface area contributed by atoms with E-state index in [-0.39, 0.29) is 18.0 Å². The number of non-ortho nitro benzene ring substituents is 1. The largest absolute Gasteiger partial charge is 0.281 e. The predicted octanol–water partition coefficient (Wildman–Crippen LogP) is 4.50. The van der Waals surface area contributed by atoms with Crippen LogP contribution in [0, 0.1) is 10.1 Å². The van der Waals surface area contributed by atoms with Crippen LogP contribution in [-0.4, -0.2) is 10.8 Å². The molecule has 0 radical (unpaired) electrons. The van der Waals surface area contributed by atoms with E-state index in [0.29, 0.717) is 5.56 Å². The van der Waals surface area contributed by atoms with Gasteiger partial charge in [-0.1, -0.05) is 48.5 Å². The number of carbonyl (C=O) groups excluding carboxylic acids is 1. The molecular weight excluding hydrogens is 316 g/mol. The molecule has 0 unspecified atom stereocenters. The van der Waals surface area contributed by atoms with E-state index in [1.54, 1.807) is 17.0 Å². The number of anilines is 2. The zero-order valence-electron chi connectivity index (χ0n) is 13.4. The van der Waals surface area contributed by atoms with Gasteiger partial charge in [-0.3, -0.25) is 19.8 Å². The maximum Gasteiger partial charge on any atom is 0.269 e. The maximum absolute atomic E-state index is 13.0. The quantitative estimate of drug-likeness (QED) is 0.510. The Morgan fingerprint density at radius 1 is 0.840 bits per heavy atom. The van der Waals surface area contributed by atoms with Crippen LogP contribution in [0.5, 0.6) is 0 Å². The minimum atomic E-state index is -0.458. The fraction of sp³-hybridized carbons (Fsp3) is 0.0500. The Morgan fingerprint density at radius 3 is 1.92 bits per heavy atom. The van der Waals surface area contributed by atoms with Crippen molar-refractivity contribution >= 4 is 23.0 Å². The summed E-state index contributed by atoms with van der Waals surface area (Å²) in [5.74, 6) is -0.155. The van der Waals surface area contributed by atoms with E-state index in [9.17, 15) is 14.9 Å². The first kappa shape index (κ1) is 16.4. The minimum absolute atomic E-state index is 0.0173. The van der Waals surface area contributed by atoms with Crippen LogP contribution in [0.4, 0.5) is 17.1 Å². The SMILES string of the molecule is O=C(Cc1cccc([N+](=O)[O-])c1)N(c1ccccc1)c1ccccc1. The fourth-order valence-corrected chi connectivity index (χ4v) is 2.62. The van der Waals surface area contributed by atoms with Gasteiger partial charge < -0.3 is 0 Å². The Kier molecular flexibility index (Phi) is 4.85. The van der Waals surface area contributed by atoms with Crippen molar-refractivity contribution in [1.29, 1.82) is 0 Å². The summed E-state index contributed by atoms with van der Waals surface area (Å²) in [6.07, 6.45) is 0.0749. The molecule has 3 aromatic rings. The highest BCUT2D eigenvalue weighted by Gasteiger charge is 2.19. The number of amides is 1. The van der Waals surface area contributed by atoms with Crippen LogP contribution in [0.1, 0.15) is 5.56 Å². The van der Waals surface area contributed by atoms with Crippen LogP contribution in [0.25, 0.3) is 0 Å². The van der Waals surface area contributed by atoms with Crippen molar-refractivity contribution < 1.29 is 9.72 Å². The second-order valence-corrected chi connectivity index (χ2v) is 5.50. The molecule has 3 aromatic carbocycles. The highest BCUT2D eigenvalue weighted by Crippen LogP contribution is 2.26. The highest BCUT2D eigenvalue weighted by molar-refractivity contribution is 6.01. The molecule has 0 fully saturated rings. The van der Waals surface area contributed by atoms with Gasteiger partial charge in [0, 0.05) is 23.5 Å². The summed E-state index contributed by atoms with van der Waals surface area (Å²) in [7, 11) is 0. The third-order valence-corrected chi connectivity index (χ3v) is 3.75. The molecule has 5 heteroatoms. The van der Waals surface area contributed by atoms with Gasteiger partial charge >= 0.3 is 0 Å². The van der Waals surface area contributed by atoms with E-state index in [4.69, 9.17) is 0 Å². The molecule has 1 amide bonds. The van der Waals surface area contributed by atoms with Crippen LogP contribution in [0.2, 0.25) is 0 Å². The Bertz CT molecular complexity index is 840. The van der Waals surface area contributed by atoms with Crippen LogP contribution < -0.4 is 4.90 Å². The number of nitro groups is 1. The second kappa shape index (κ2) is 7.40. The molecule has 3 rings (SSSR count). The number of benzene rings is 3. The van der Waals surface area contributed by atoms with Gasteiger partial charge in [0.2, 0.25) is 5.91 Å². The smallest absolute Gasteiger partial charge is 0.269 e. The lowest BCUT2D eigenvalue weighted by Crippen LogP contribution is -2.27. The lowest BCUT2D eigenvalue weighted by Gasteiger charge is -2.23. The summed E-state index contributed by atoms with van der Waals surface area (Å²) < 4.78 is 0. The molecule has 0 saturated carbocycles. The third-order valence-electron chi connectivity index (χ3n) is 3.75. The molecule has 0 aliphatic rings. The molecule has 0 spiro atoms. The second-order valence-electron chi connectivity index (χ2n) is 5.50. The standard InChI is InChI=1S/C20H16N2O3/c23-20(15-16-8-7-13-19(14-16)22(24)25)21(17-9-3-1-4-10-17)18-11-5-2-6-12-18/h1-14H,15H2. The van der Waals surface area contributed by atoms with Gasteiger partial charge in [0.15, 0.2) is 0 Å². The van der Waals surface area contributed by atoms with Crippen molar-refractivity contribution in [2.24, 2.45) is 0 Å². The lowest BCUT2D eigenvalue weighted by atomic mass is 10.1. The van der Waals surface area contributed by atoms with Crippen molar-refractivity contribution in [2.75, 3.05) is 4.90 Å². The summed E-state index contributed by atoms with van der Waals surface area (Å²) in [5, 5.41) is 10.9. The van der Waals surface area contributed by atoms with E-state index in [1.807, 2.05) is 60.7 Å². The zero-order chi connectivity index (χ0) is 17.6. The van der Waals surface area contributed by atoms with E-state index in [0.717, 1.165) is 11.4 Å². The normalized spacial score (nSPS) is 10.2. The molecule has 124 valence electrons. The number of carbonyl (C=O) groups is 1. The van der Waals surface area contributed by atoms with Gasteiger partial charge in [-0.25, -0.2) is 0 Å². The first-order valence-electron chi connectivity index (χ1n) is 7.81. The van der Waals surface area contributed by atoms with Crippen LogP contribution in [-0.2, 0) is 11.2 Å². The summed E-state index contributed by atoms with van der Waals surface area (Å²) in [4.78, 5) is 25.0. The van der Waals surface area contributed by atoms with E-state index < -0.39 is 4.92 Å². The predicted molar refractivity (Wildman–Crippen MR) is 96.8 cm³/mol. The first-order valence-corrected chi connectivity index (χ1v) is 7.81.